The van der Waals surface area contributed by atoms with Crippen LogP contribution in [-0.4, -0.2) is 33.6 Å². The minimum absolute atomic E-state index is 0.0194. The number of ether oxygens (including phenoxy) is 1. The van der Waals surface area contributed by atoms with E-state index in [1.165, 1.54) is 0 Å². The zero-order valence-corrected chi connectivity index (χ0v) is 13.8. The number of aryl methyl sites for hydroxylation is 1. The minimum Gasteiger partial charge on any atom is -0.378 e. The molecule has 1 saturated heterocycles. The summed E-state index contributed by atoms with van der Waals surface area (Å²) in [5.41, 5.74) is 1.59. The molecule has 0 bridgehead atoms. The average molecular weight is 338 g/mol. The van der Waals surface area contributed by atoms with E-state index in [2.05, 4.69) is 10.0 Å². The lowest BCUT2D eigenvalue weighted by Gasteiger charge is -2.12. The van der Waals surface area contributed by atoms with Crippen LogP contribution in [0.2, 0.25) is 0 Å². The molecular weight excluding hydrogens is 316 g/mol. The molecule has 7 heteroatoms. The van der Waals surface area contributed by atoms with Crippen LogP contribution in [0.25, 0.3) is 0 Å². The predicted molar refractivity (Wildman–Crippen MR) is 86.8 cm³/mol. The maximum atomic E-state index is 12.4. The summed E-state index contributed by atoms with van der Waals surface area (Å²) in [7, 11) is -3.53. The number of rotatable bonds is 5. The molecule has 1 aromatic carbocycles. The van der Waals surface area contributed by atoms with Crippen molar-refractivity contribution in [3.63, 3.8) is 0 Å². The number of nitrogens with one attached hydrogen (secondary N) is 2. The van der Waals surface area contributed by atoms with Crippen LogP contribution in [0.1, 0.15) is 37.7 Å². The van der Waals surface area contributed by atoms with Crippen LogP contribution in [-0.2, 0) is 26.0 Å². The van der Waals surface area contributed by atoms with Gasteiger partial charge in [-0.1, -0.05) is 0 Å². The van der Waals surface area contributed by atoms with E-state index in [4.69, 9.17) is 4.74 Å². The molecule has 3 rings (SSSR count). The summed E-state index contributed by atoms with van der Waals surface area (Å²) in [4.78, 5) is 11.8. The van der Waals surface area contributed by atoms with Crippen molar-refractivity contribution in [2.45, 2.75) is 49.5 Å². The van der Waals surface area contributed by atoms with Gasteiger partial charge in [0.05, 0.1) is 11.0 Å². The average Bonchev–Trinajstić information content (AvgIpc) is 2.94. The number of amides is 1. The maximum absolute atomic E-state index is 12.4. The minimum atomic E-state index is -3.53. The first-order valence-electron chi connectivity index (χ1n) is 8.09. The number of hydrogen-bond acceptors (Lipinski definition) is 4. The number of carbonyl (C=O) groups excluding carboxylic acids is 1. The Kier molecular flexibility index (Phi) is 4.99. The molecule has 0 aliphatic carbocycles. The molecule has 1 aromatic rings. The fourth-order valence-corrected chi connectivity index (χ4v) is 4.13. The van der Waals surface area contributed by atoms with Crippen molar-refractivity contribution in [3.05, 3.63) is 23.8 Å². The summed E-state index contributed by atoms with van der Waals surface area (Å²) in [6.45, 7) is 1.15. The molecule has 0 aromatic heterocycles. The molecule has 2 aliphatic rings. The van der Waals surface area contributed by atoms with Crippen molar-refractivity contribution >= 4 is 21.6 Å². The Labute approximate surface area is 136 Å². The van der Waals surface area contributed by atoms with Gasteiger partial charge in [0.1, 0.15) is 0 Å². The van der Waals surface area contributed by atoms with E-state index >= 15 is 0 Å². The molecule has 0 saturated carbocycles. The fourth-order valence-electron chi connectivity index (χ4n) is 3.03. The zero-order chi connectivity index (χ0) is 16.3. The molecule has 0 spiro atoms. The molecule has 6 nitrogen and oxygen atoms in total. The molecule has 126 valence electrons. The van der Waals surface area contributed by atoms with Crippen molar-refractivity contribution in [1.82, 2.24) is 4.72 Å². The van der Waals surface area contributed by atoms with Crippen LogP contribution >= 0.6 is 0 Å². The van der Waals surface area contributed by atoms with Gasteiger partial charge in [-0.3, -0.25) is 4.79 Å². The summed E-state index contributed by atoms with van der Waals surface area (Å²) >= 11 is 0. The Morgan fingerprint density at radius 2 is 2.13 bits per heavy atom. The molecule has 23 heavy (non-hydrogen) atoms. The number of anilines is 1. The van der Waals surface area contributed by atoms with Crippen LogP contribution in [0, 0.1) is 0 Å². The highest BCUT2D eigenvalue weighted by Crippen LogP contribution is 2.25. The molecule has 1 fully saturated rings. The van der Waals surface area contributed by atoms with Gasteiger partial charge in [0.2, 0.25) is 15.9 Å². The number of hydrogen-bond donors (Lipinski definition) is 2. The molecule has 0 radical (unpaired) electrons. The molecule has 1 amide bonds. The standard InChI is InChI=1S/C16H22N2O4S/c19-16-5-1-3-12-11-14(6-7-15(12)18-16)23(20,21)17-9-8-13-4-2-10-22-13/h6-7,11,13,17H,1-5,8-10H2,(H,18,19)/t13-/m1/s1. The molecule has 2 N–H and O–H groups in total. The van der Waals surface area contributed by atoms with Crippen LogP contribution in [0.4, 0.5) is 5.69 Å². The third kappa shape index (κ3) is 4.10. The highest BCUT2D eigenvalue weighted by atomic mass is 32.2. The van der Waals surface area contributed by atoms with Crippen LogP contribution in [0.3, 0.4) is 0 Å². The third-order valence-corrected chi connectivity index (χ3v) is 5.75. The van der Waals surface area contributed by atoms with Gasteiger partial charge in [0.25, 0.3) is 0 Å². The van der Waals surface area contributed by atoms with Gasteiger partial charge >= 0.3 is 0 Å². The van der Waals surface area contributed by atoms with Gasteiger partial charge in [-0.25, -0.2) is 13.1 Å². The highest BCUT2D eigenvalue weighted by Gasteiger charge is 2.20. The van der Waals surface area contributed by atoms with Crippen molar-refractivity contribution < 1.29 is 17.9 Å². The quantitative estimate of drug-likeness (QED) is 0.857. The van der Waals surface area contributed by atoms with Gasteiger partial charge < -0.3 is 10.1 Å². The molecule has 0 unspecified atom stereocenters. The monoisotopic (exact) mass is 338 g/mol. The lowest BCUT2D eigenvalue weighted by Crippen LogP contribution is -2.27. The second kappa shape index (κ2) is 6.98. The van der Waals surface area contributed by atoms with Crippen molar-refractivity contribution in [2.24, 2.45) is 0 Å². The van der Waals surface area contributed by atoms with Gasteiger partial charge in [0.15, 0.2) is 0 Å². The number of sulfonamides is 1. The Hall–Kier alpha value is -1.44. The van der Waals surface area contributed by atoms with E-state index in [1.54, 1.807) is 18.2 Å². The lowest BCUT2D eigenvalue weighted by molar-refractivity contribution is -0.116. The summed E-state index contributed by atoms with van der Waals surface area (Å²) < 4.78 is 32.9. The Morgan fingerprint density at radius 3 is 2.91 bits per heavy atom. The van der Waals surface area contributed by atoms with E-state index in [9.17, 15) is 13.2 Å². The van der Waals surface area contributed by atoms with Gasteiger partial charge in [-0.05, 0) is 55.9 Å². The summed E-state index contributed by atoms with van der Waals surface area (Å²) in [6.07, 6.45) is 4.81. The third-order valence-electron chi connectivity index (χ3n) is 4.29. The summed E-state index contributed by atoms with van der Waals surface area (Å²) in [5, 5.41) is 2.81. The Morgan fingerprint density at radius 1 is 1.26 bits per heavy atom. The van der Waals surface area contributed by atoms with E-state index in [0.29, 0.717) is 31.5 Å². The number of carbonyl (C=O) groups is 1. The summed E-state index contributed by atoms with van der Waals surface area (Å²) in [6, 6.07) is 4.88. The molecule has 2 heterocycles. The normalized spacial score (nSPS) is 21.6. The first-order chi connectivity index (χ1) is 11.0. The number of benzene rings is 1. The van der Waals surface area contributed by atoms with Crippen molar-refractivity contribution in [3.8, 4) is 0 Å². The van der Waals surface area contributed by atoms with E-state index in [0.717, 1.165) is 31.4 Å². The van der Waals surface area contributed by atoms with Crippen molar-refractivity contribution in [2.75, 3.05) is 18.5 Å². The number of fused-ring (bicyclic) bond motifs is 1. The SMILES string of the molecule is O=C1CCCc2cc(S(=O)(=O)NCC[C@H]3CCCO3)ccc2N1. The first-order valence-corrected chi connectivity index (χ1v) is 9.57. The van der Waals surface area contributed by atoms with Crippen LogP contribution in [0.5, 0.6) is 0 Å². The Bertz CT molecular complexity index is 681. The second-order valence-corrected chi connectivity index (χ2v) is 7.81. The molecule has 1 atom stereocenters. The van der Waals surface area contributed by atoms with Crippen molar-refractivity contribution in [1.29, 1.82) is 0 Å². The second-order valence-electron chi connectivity index (χ2n) is 6.04. The fraction of sp³-hybridized carbons (Fsp3) is 0.562. The van der Waals surface area contributed by atoms with Crippen LogP contribution in [0.15, 0.2) is 23.1 Å². The lowest BCUT2D eigenvalue weighted by atomic mass is 10.1. The van der Waals surface area contributed by atoms with E-state index in [1.807, 2.05) is 0 Å². The predicted octanol–water partition coefficient (Wildman–Crippen LogP) is 1.81. The topological polar surface area (TPSA) is 84.5 Å². The van der Waals surface area contributed by atoms with Gasteiger partial charge in [-0.2, -0.15) is 0 Å². The Balaban J connectivity index is 1.67. The van der Waals surface area contributed by atoms with E-state index in [-0.39, 0.29) is 16.9 Å². The first kappa shape index (κ1) is 16.4. The molecule has 2 aliphatic heterocycles. The smallest absolute Gasteiger partial charge is 0.240 e. The van der Waals surface area contributed by atoms with Gasteiger partial charge in [0, 0.05) is 25.3 Å². The zero-order valence-electron chi connectivity index (χ0n) is 13.0. The largest absolute Gasteiger partial charge is 0.378 e. The van der Waals surface area contributed by atoms with E-state index < -0.39 is 10.0 Å². The maximum Gasteiger partial charge on any atom is 0.240 e. The highest BCUT2D eigenvalue weighted by molar-refractivity contribution is 7.89. The molecular formula is C16H22N2O4S. The van der Waals surface area contributed by atoms with Crippen LogP contribution < -0.4 is 10.0 Å². The van der Waals surface area contributed by atoms with Gasteiger partial charge in [-0.15, -0.1) is 0 Å². The summed E-state index contributed by atoms with van der Waals surface area (Å²) in [5.74, 6) is -0.0194.